The number of ketones is 1. The fraction of sp³-hybridized carbons (Fsp3) is 0.292. The van der Waals surface area contributed by atoms with Crippen LogP contribution in [0.5, 0.6) is 0 Å². The van der Waals surface area contributed by atoms with E-state index in [2.05, 4.69) is 6.07 Å². The van der Waals surface area contributed by atoms with Crippen molar-refractivity contribution in [2.24, 2.45) is 11.8 Å². The van der Waals surface area contributed by atoms with E-state index in [1.54, 1.807) is 25.1 Å². The summed E-state index contributed by atoms with van der Waals surface area (Å²) < 4.78 is 0. The lowest BCUT2D eigenvalue weighted by molar-refractivity contribution is -0.126. The van der Waals surface area contributed by atoms with Gasteiger partial charge in [-0.15, -0.1) is 0 Å². The summed E-state index contributed by atoms with van der Waals surface area (Å²) in [4.78, 5) is 43.1. The molecule has 0 spiro atoms. The predicted molar refractivity (Wildman–Crippen MR) is 117 cm³/mol. The van der Waals surface area contributed by atoms with Crippen molar-refractivity contribution in [2.75, 3.05) is 9.80 Å². The molecule has 152 valence electrons. The van der Waals surface area contributed by atoms with Gasteiger partial charge in [-0.25, -0.2) is 4.90 Å². The molecule has 0 N–H and O–H groups in total. The summed E-state index contributed by atoms with van der Waals surface area (Å²) in [7, 11) is 0. The summed E-state index contributed by atoms with van der Waals surface area (Å²) in [6.45, 7) is 5.31. The van der Waals surface area contributed by atoms with Gasteiger partial charge < -0.3 is 4.90 Å². The number of Topliss-reactive ketones (excluding diaryl/α,β-unsaturated/α-hetero) is 1. The van der Waals surface area contributed by atoms with Gasteiger partial charge in [0, 0.05) is 10.7 Å². The third-order valence-corrected chi connectivity index (χ3v) is 6.97. The maximum Gasteiger partial charge on any atom is 0.240 e. The van der Waals surface area contributed by atoms with E-state index in [1.165, 1.54) is 11.8 Å². The zero-order chi connectivity index (χ0) is 21.3. The number of fused-ring (bicyclic) bond motifs is 5. The minimum atomic E-state index is -0.713. The number of rotatable bonds is 2. The smallest absolute Gasteiger partial charge is 0.240 e. The van der Waals surface area contributed by atoms with Gasteiger partial charge in [0.15, 0.2) is 5.78 Å². The molecule has 3 aliphatic rings. The first-order valence-corrected chi connectivity index (χ1v) is 10.4. The van der Waals surface area contributed by atoms with Gasteiger partial charge in [0.2, 0.25) is 11.8 Å². The Kier molecular flexibility index (Phi) is 4.16. The zero-order valence-electron chi connectivity index (χ0n) is 16.9. The maximum atomic E-state index is 13.5. The Labute approximate surface area is 179 Å². The molecule has 4 atom stereocenters. The van der Waals surface area contributed by atoms with Crippen LogP contribution < -0.4 is 9.80 Å². The highest BCUT2D eigenvalue weighted by Crippen LogP contribution is 2.49. The molecule has 0 aromatic heterocycles. The van der Waals surface area contributed by atoms with Crippen molar-refractivity contribution >= 4 is 46.6 Å². The molecule has 0 saturated carbocycles. The summed E-state index contributed by atoms with van der Waals surface area (Å²) in [5.74, 6) is -2.02. The van der Waals surface area contributed by atoms with Crippen LogP contribution in [0.15, 0.2) is 42.5 Å². The maximum absolute atomic E-state index is 13.5. The highest BCUT2D eigenvalue weighted by atomic mass is 35.5. The van der Waals surface area contributed by atoms with Crippen molar-refractivity contribution in [1.82, 2.24) is 0 Å². The first kappa shape index (κ1) is 19.1. The van der Waals surface area contributed by atoms with E-state index in [4.69, 9.17) is 11.6 Å². The molecule has 2 aromatic carbocycles. The van der Waals surface area contributed by atoms with E-state index in [9.17, 15) is 14.4 Å². The van der Waals surface area contributed by atoms with E-state index in [0.29, 0.717) is 16.3 Å². The molecular weight excluding hydrogens is 400 g/mol. The molecule has 6 heteroatoms. The van der Waals surface area contributed by atoms with E-state index in [1.807, 2.05) is 36.1 Å². The number of anilines is 2. The van der Waals surface area contributed by atoms with Gasteiger partial charge in [-0.2, -0.15) is 0 Å². The molecule has 5 nitrogen and oxygen atoms in total. The number of hydrogen-bond donors (Lipinski definition) is 0. The first-order valence-electron chi connectivity index (χ1n) is 10.0. The summed E-state index contributed by atoms with van der Waals surface area (Å²) in [6, 6.07) is 10.2. The van der Waals surface area contributed by atoms with E-state index in [-0.39, 0.29) is 23.6 Å². The first-order chi connectivity index (χ1) is 14.3. The molecule has 30 heavy (non-hydrogen) atoms. The lowest BCUT2D eigenvalue weighted by Crippen LogP contribution is -2.48. The standard InChI is InChI=1S/C24H21ClN2O3/c1-12-7-9-18-15(11-12)8-10-19-20-21(22(14(3)28)26(18)19)24(30)27(23(20)29)17-6-4-5-16(25)13(17)2/h4-11,19-22H,1-3H3/t19-,20-,21+,22-/m1/s1. The van der Waals surface area contributed by atoms with Crippen molar-refractivity contribution in [3.63, 3.8) is 0 Å². The SMILES string of the molecule is CC(=O)[C@@H]1[C@H]2C(=O)N(c3cccc(Cl)c3C)C(=O)[C@@H]2[C@H]2C=Cc3cc(C)ccc3N21. The molecular formula is C24H21ClN2O3. The second kappa shape index (κ2) is 6.54. The van der Waals surface area contributed by atoms with E-state index in [0.717, 1.165) is 16.8 Å². The number of carbonyl (C=O) groups excluding carboxylic acids is 3. The van der Waals surface area contributed by atoms with Gasteiger partial charge in [-0.1, -0.05) is 41.4 Å². The number of imide groups is 1. The van der Waals surface area contributed by atoms with Crippen LogP contribution >= 0.6 is 11.6 Å². The Morgan fingerprint density at radius 2 is 1.73 bits per heavy atom. The number of benzene rings is 2. The van der Waals surface area contributed by atoms with Crippen molar-refractivity contribution in [1.29, 1.82) is 0 Å². The second-order valence-electron chi connectivity index (χ2n) is 8.32. The minimum Gasteiger partial charge on any atom is -0.353 e. The molecule has 2 saturated heterocycles. The van der Waals surface area contributed by atoms with Crippen LogP contribution in [0.2, 0.25) is 5.02 Å². The van der Waals surface area contributed by atoms with Crippen LogP contribution in [0.3, 0.4) is 0 Å². The normalized spacial score (nSPS) is 26.7. The van der Waals surface area contributed by atoms with Crippen LogP contribution in [0.4, 0.5) is 11.4 Å². The lowest BCUT2D eigenvalue weighted by atomic mass is 9.88. The average molecular weight is 421 g/mol. The minimum absolute atomic E-state index is 0.111. The van der Waals surface area contributed by atoms with Crippen molar-refractivity contribution in [2.45, 2.75) is 32.9 Å². The summed E-state index contributed by atoms with van der Waals surface area (Å²) >= 11 is 6.24. The molecule has 2 aromatic rings. The monoisotopic (exact) mass is 420 g/mol. The van der Waals surface area contributed by atoms with E-state index >= 15 is 0 Å². The van der Waals surface area contributed by atoms with Gasteiger partial charge in [-0.3, -0.25) is 14.4 Å². The highest BCUT2D eigenvalue weighted by molar-refractivity contribution is 6.32. The zero-order valence-corrected chi connectivity index (χ0v) is 17.7. The Bertz CT molecular complexity index is 1160. The topological polar surface area (TPSA) is 57.7 Å². The van der Waals surface area contributed by atoms with Crippen LogP contribution in [-0.2, 0) is 14.4 Å². The Morgan fingerprint density at radius 3 is 2.47 bits per heavy atom. The fourth-order valence-electron chi connectivity index (χ4n) is 5.23. The summed E-state index contributed by atoms with van der Waals surface area (Å²) in [5.41, 5.74) is 4.19. The van der Waals surface area contributed by atoms with Crippen LogP contribution in [-0.4, -0.2) is 29.7 Å². The Morgan fingerprint density at radius 1 is 1.00 bits per heavy atom. The van der Waals surface area contributed by atoms with Gasteiger partial charge >= 0.3 is 0 Å². The Balaban J connectivity index is 1.64. The molecule has 0 bridgehead atoms. The Hall–Kier alpha value is -2.92. The lowest BCUT2D eigenvalue weighted by Gasteiger charge is -2.36. The molecule has 2 amide bonds. The van der Waals surface area contributed by atoms with Crippen LogP contribution in [0.1, 0.15) is 23.6 Å². The summed E-state index contributed by atoms with van der Waals surface area (Å²) in [6.07, 6.45) is 3.95. The number of halogens is 1. The van der Waals surface area contributed by atoms with Gasteiger partial charge in [0.05, 0.1) is 23.6 Å². The number of nitrogens with zero attached hydrogens (tertiary/aromatic N) is 2. The molecule has 3 heterocycles. The van der Waals surface area contributed by atoms with Crippen LogP contribution in [0.25, 0.3) is 6.08 Å². The fourth-order valence-corrected chi connectivity index (χ4v) is 5.40. The third kappa shape index (κ3) is 2.45. The third-order valence-electron chi connectivity index (χ3n) is 6.56. The molecule has 0 unspecified atom stereocenters. The van der Waals surface area contributed by atoms with Crippen molar-refractivity contribution < 1.29 is 14.4 Å². The van der Waals surface area contributed by atoms with Crippen molar-refractivity contribution in [3.8, 4) is 0 Å². The molecule has 5 rings (SSSR count). The van der Waals surface area contributed by atoms with Gasteiger partial charge in [-0.05, 0) is 56.2 Å². The molecule has 0 radical (unpaired) electrons. The number of hydrogen-bond acceptors (Lipinski definition) is 4. The predicted octanol–water partition coefficient (Wildman–Crippen LogP) is 3.94. The van der Waals surface area contributed by atoms with Crippen LogP contribution in [0, 0.1) is 25.7 Å². The largest absolute Gasteiger partial charge is 0.353 e. The number of aryl methyl sites for hydroxylation is 1. The number of amides is 2. The molecule has 0 aliphatic carbocycles. The van der Waals surface area contributed by atoms with E-state index < -0.39 is 17.9 Å². The highest BCUT2D eigenvalue weighted by Gasteiger charge is 2.63. The van der Waals surface area contributed by atoms with Gasteiger partial charge in [0.1, 0.15) is 6.04 Å². The van der Waals surface area contributed by atoms with Gasteiger partial charge in [0.25, 0.3) is 0 Å². The summed E-state index contributed by atoms with van der Waals surface area (Å²) in [5, 5.41) is 0.497. The molecule has 3 aliphatic heterocycles. The van der Waals surface area contributed by atoms with Crippen molar-refractivity contribution in [3.05, 3.63) is 64.2 Å². The second-order valence-corrected chi connectivity index (χ2v) is 8.73. The average Bonchev–Trinajstić information content (AvgIpc) is 3.17. The number of carbonyl (C=O) groups is 3. The molecule has 2 fully saturated rings. The quantitative estimate of drug-likeness (QED) is 0.690.